The van der Waals surface area contributed by atoms with Crippen LogP contribution in [0.15, 0.2) is 33.4 Å². The van der Waals surface area contributed by atoms with E-state index >= 15 is 0 Å². The zero-order valence-electron chi connectivity index (χ0n) is 6.82. The number of carbonyl (C=O) groups excluding carboxylic acids is 1. The van der Waals surface area contributed by atoms with Crippen LogP contribution in [-0.2, 0) is 4.79 Å². The van der Waals surface area contributed by atoms with Crippen LogP contribution in [0.5, 0.6) is 0 Å². The van der Waals surface area contributed by atoms with Crippen LogP contribution in [0.25, 0.3) is 0 Å². The van der Waals surface area contributed by atoms with Crippen molar-refractivity contribution in [2.75, 3.05) is 0 Å². The molecule has 0 saturated carbocycles. The van der Waals surface area contributed by atoms with Gasteiger partial charge in [-0.2, -0.15) is 0 Å². The summed E-state index contributed by atoms with van der Waals surface area (Å²) in [5.41, 5.74) is 7.11. The molecule has 3 heterocycles. The Balaban J connectivity index is 2.33. The molecular formula is C9H7N3O. The van der Waals surface area contributed by atoms with Gasteiger partial charge >= 0.3 is 0 Å². The molecule has 0 fully saturated rings. The topological polar surface area (TPSA) is 67.8 Å². The van der Waals surface area contributed by atoms with Gasteiger partial charge in [-0.1, -0.05) is 0 Å². The normalized spacial score (nSPS) is 32.8. The van der Waals surface area contributed by atoms with E-state index in [4.69, 9.17) is 5.73 Å². The van der Waals surface area contributed by atoms with Gasteiger partial charge in [-0.25, -0.2) is 0 Å². The highest BCUT2D eigenvalue weighted by Gasteiger charge is 2.51. The van der Waals surface area contributed by atoms with Gasteiger partial charge in [0, 0.05) is 18.8 Å². The van der Waals surface area contributed by atoms with Crippen LogP contribution in [0.3, 0.4) is 0 Å². The van der Waals surface area contributed by atoms with Gasteiger partial charge in [0.05, 0.1) is 5.71 Å². The monoisotopic (exact) mass is 173 g/mol. The number of allylic oxidation sites excluding steroid dienone is 1. The average molecular weight is 173 g/mol. The second-order valence-electron chi connectivity index (χ2n) is 3.40. The largest absolute Gasteiger partial charge is 0.367 e. The molecule has 0 spiro atoms. The summed E-state index contributed by atoms with van der Waals surface area (Å²) < 4.78 is 0. The number of nitrogens with two attached hydrogens (primary N) is 1. The second-order valence-corrected chi connectivity index (χ2v) is 3.40. The second kappa shape index (κ2) is 1.79. The van der Waals surface area contributed by atoms with Crippen molar-refractivity contribution in [2.24, 2.45) is 15.7 Å². The Hall–Kier alpha value is -1.71. The highest BCUT2D eigenvalue weighted by molar-refractivity contribution is 6.27. The van der Waals surface area contributed by atoms with Crippen molar-refractivity contribution in [3.05, 3.63) is 23.4 Å². The predicted molar refractivity (Wildman–Crippen MR) is 48.6 cm³/mol. The average Bonchev–Trinajstić information content (AvgIpc) is 2.38. The van der Waals surface area contributed by atoms with E-state index in [-0.39, 0.29) is 0 Å². The summed E-state index contributed by atoms with van der Waals surface area (Å²) in [4.78, 5) is 19.7. The van der Waals surface area contributed by atoms with Crippen LogP contribution in [0.1, 0.15) is 6.42 Å². The quantitative estimate of drug-likeness (QED) is 0.594. The highest BCUT2D eigenvalue weighted by atomic mass is 16.1. The van der Waals surface area contributed by atoms with E-state index in [2.05, 4.69) is 9.98 Å². The van der Waals surface area contributed by atoms with Crippen molar-refractivity contribution < 1.29 is 4.79 Å². The number of dihydropyridines is 1. The van der Waals surface area contributed by atoms with Gasteiger partial charge in [0.1, 0.15) is 0 Å². The van der Waals surface area contributed by atoms with Gasteiger partial charge in [0.25, 0.3) is 5.91 Å². The summed E-state index contributed by atoms with van der Waals surface area (Å²) in [6.45, 7) is 0. The molecule has 4 rings (SSSR count). The maximum atomic E-state index is 11.4. The fraction of sp³-hybridized carbons (Fsp3) is 0.222. The number of hydrogen-bond donors (Lipinski definition) is 1. The fourth-order valence-electron chi connectivity index (χ4n) is 2.02. The Labute approximate surface area is 74.6 Å². The van der Waals surface area contributed by atoms with Crippen LogP contribution >= 0.6 is 0 Å². The van der Waals surface area contributed by atoms with Crippen LogP contribution in [-0.4, -0.2) is 23.4 Å². The molecule has 0 radical (unpaired) electrons. The van der Waals surface area contributed by atoms with E-state index in [0.717, 1.165) is 17.6 Å². The number of rotatable bonds is 1. The van der Waals surface area contributed by atoms with Crippen molar-refractivity contribution in [2.45, 2.75) is 12.0 Å². The molecule has 1 aliphatic carbocycles. The third-order valence-electron chi connectivity index (χ3n) is 2.69. The zero-order valence-corrected chi connectivity index (χ0v) is 6.82. The standard InChI is InChI=1S/C9H7N3O/c10-8(13)9-6-1-5(3-12-9)2-7(9)11-4-6/h2-4H,1H2,(H2,10,13). The molecule has 4 aliphatic rings. The summed E-state index contributed by atoms with van der Waals surface area (Å²) >= 11 is 0. The third-order valence-corrected chi connectivity index (χ3v) is 2.69. The number of carbonyl (C=O) groups is 1. The van der Waals surface area contributed by atoms with Gasteiger partial charge in [-0.05, 0) is 17.2 Å². The van der Waals surface area contributed by atoms with E-state index in [1.165, 1.54) is 0 Å². The molecule has 13 heavy (non-hydrogen) atoms. The summed E-state index contributed by atoms with van der Waals surface area (Å²) in [5, 5.41) is 0. The summed E-state index contributed by atoms with van der Waals surface area (Å²) in [6, 6.07) is 0. The van der Waals surface area contributed by atoms with E-state index in [1.807, 2.05) is 6.08 Å². The smallest absolute Gasteiger partial charge is 0.255 e. The molecular weight excluding hydrogens is 166 g/mol. The van der Waals surface area contributed by atoms with Gasteiger partial charge in [-0.3, -0.25) is 14.8 Å². The predicted octanol–water partition coefficient (Wildman–Crippen LogP) is -0.0365. The van der Waals surface area contributed by atoms with Crippen molar-refractivity contribution in [3.63, 3.8) is 0 Å². The molecule has 0 aromatic rings. The zero-order chi connectivity index (χ0) is 9.05. The number of aliphatic imine (C=N–C) groups is 2. The first-order chi connectivity index (χ1) is 6.23. The Bertz CT molecular complexity index is 442. The van der Waals surface area contributed by atoms with Gasteiger partial charge in [0.2, 0.25) is 5.54 Å². The Morgan fingerprint density at radius 2 is 2.46 bits per heavy atom. The molecule has 2 N–H and O–H groups in total. The first kappa shape index (κ1) is 6.77. The molecule has 4 heteroatoms. The van der Waals surface area contributed by atoms with E-state index in [1.54, 1.807) is 12.4 Å². The van der Waals surface area contributed by atoms with Crippen LogP contribution in [0.4, 0.5) is 0 Å². The van der Waals surface area contributed by atoms with Gasteiger partial charge in [-0.15, -0.1) is 0 Å². The lowest BCUT2D eigenvalue weighted by Crippen LogP contribution is -2.52. The lowest BCUT2D eigenvalue weighted by atomic mass is 9.76. The number of primary amides is 1. The van der Waals surface area contributed by atoms with Crippen molar-refractivity contribution in [3.8, 4) is 0 Å². The molecule has 4 nitrogen and oxygen atoms in total. The Kier molecular flexibility index (Phi) is 0.931. The molecule has 0 aromatic carbocycles. The minimum absolute atomic E-state index is 0.429. The summed E-state index contributed by atoms with van der Waals surface area (Å²) in [5.74, 6) is -0.429. The minimum Gasteiger partial charge on any atom is -0.367 e. The number of hydrogen-bond acceptors (Lipinski definition) is 3. The minimum atomic E-state index is -0.943. The number of nitrogens with zero attached hydrogens (tertiary/aromatic N) is 2. The van der Waals surface area contributed by atoms with Crippen LogP contribution < -0.4 is 5.73 Å². The summed E-state index contributed by atoms with van der Waals surface area (Å²) in [6.07, 6.45) is 6.07. The lowest BCUT2D eigenvalue weighted by molar-refractivity contribution is -0.119. The molecule has 1 atom stereocenters. The highest BCUT2D eigenvalue weighted by Crippen LogP contribution is 2.41. The van der Waals surface area contributed by atoms with E-state index in [9.17, 15) is 4.79 Å². The first-order valence-electron chi connectivity index (χ1n) is 4.07. The first-order valence-corrected chi connectivity index (χ1v) is 4.07. The molecule has 0 aromatic heterocycles. The van der Waals surface area contributed by atoms with Crippen molar-refractivity contribution in [1.82, 2.24) is 0 Å². The Morgan fingerprint density at radius 3 is 3.08 bits per heavy atom. The van der Waals surface area contributed by atoms with Gasteiger partial charge in [0.15, 0.2) is 0 Å². The molecule has 4 bridgehead atoms. The molecule has 3 aliphatic heterocycles. The molecule has 64 valence electrons. The van der Waals surface area contributed by atoms with E-state index < -0.39 is 11.4 Å². The molecule has 0 saturated heterocycles. The Morgan fingerprint density at radius 1 is 1.62 bits per heavy atom. The SMILES string of the molecule is NC(=O)C12N=CC3=CC1=NC=C2C3. The van der Waals surface area contributed by atoms with Crippen molar-refractivity contribution in [1.29, 1.82) is 0 Å². The lowest BCUT2D eigenvalue weighted by Gasteiger charge is -2.33. The maximum absolute atomic E-state index is 11.4. The maximum Gasteiger partial charge on any atom is 0.255 e. The fourth-order valence-corrected chi connectivity index (χ4v) is 2.02. The van der Waals surface area contributed by atoms with Crippen LogP contribution in [0, 0.1) is 0 Å². The van der Waals surface area contributed by atoms with Crippen molar-refractivity contribution >= 4 is 17.8 Å². The van der Waals surface area contributed by atoms with Gasteiger partial charge < -0.3 is 5.73 Å². The molecule has 1 unspecified atom stereocenters. The molecule has 1 amide bonds. The number of amides is 1. The summed E-state index contributed by atoms with van der Waals surface area (Å²) in [7, 11) is 0. The third kappa shape index (κ3) is 0.568. The van der Waals surface area contributed by atoms with Crippen LogP contribution in [0.2, 0.25) is 0 Å². The van der Waals surface area contributed by atoms with E-state index in [0.29, 0.717) is 5.71 Å².